The molecule has 1 aliphatic heterocycles. The van der Waals surface area contributed by atoms with Crippen LogP contribution in [0.2, 0.25) is 12.6 Å². The molecule has 0 amide bonds. The molecule has 0 spiro atoms. The zero-order chi connectivity index (χ0) is 12.9. The van der Waals surface area contributed by atoms with E-state index in [2.05, 4.69) is 34.2 Å². The minimum atomic E-state index is -1.97. The third-order valence-electron chi connectivity index (χ3n) is 2.92. The van der Waals surface area contributed by atoms with Crippen molar-refractivity contribution in [2.75, 3.05) is 13.2 Å². The molecule has 0 saturated carbocycles. The minimum Gasteiger partial charge on any atom is -0.392 e. The van der Waals surface area contributed by atoms with Gasteiger partial charge in [-0.2, -0.15) is 0 Å². The average molecular weight is 260 g/mol. The second-order valence-electron chi connectivity index (χ2n) is 5.76. The van der Waals surface area contributed by atoms with Gasteiger partial charge in [-0.1, -0.05) is 6.42 Å². The molecule has 1 aliphatic rings. The standard InChI is InChI=1S/C13H28O3Si/c1-11(2)15-17(5,16-12(3)4)8-6-7-13-9-14-10-13/h11-13H,6-10H2,1-5H3. The van der Waals surface area contributed by atoms with Gasteiger partial charge in [-0.25, -0.2) is 0 Å². The topological polar surface area (TPSA) is 27.7 Å². The third-order valence-corrected chi connectivity index (χ3v) is 6.12. The monoisotopic (exact) mass is 260 g/mol. The minimum absolute atomic E-state index is 0.262. The van der Waals surface area contributed by atoms with Gasteiger partial charge in [0.15, 0.2) is 0 Å². The van der Waals surface area contributed by atoms with E-state index in [0.717, 1.165) is 25.2 Å². The molecule has 0 N–H and O–H groups in total. The smallest absolute Gasteiger partial charge is 0.335 e. The van der Waals surface area contributed by atoms with Crippen molar-refractivity contribution in [2.45, 2.75) is 65.3 Å². The molecule has 0 radical (unpaired) electrons. The number of hydrogen-bond donors (Lipinski definition) is 0. The summed E-state index contributed by atoms with van der Waals surface area (Å²) >= 11 is 0. The summed E-state index contributed by atoms with van der Waals surface area (Å²) in [6, 6.07) is 1.10. The van der Waals surface area contributed by atoms with E-state index in [1.807, 2.05) is 0 Å². The van der Waals surface area contributed by atoms with Crippen LogP contribution in [0.5, 0.6) is 0 Å². The molecular formula is C13H28O3Si. The molecule has 1 heterocycles. The molecular weight excluding hydrogens is 232 g/mol. The molecule has 0 aliphatic carbocycles. The fourth-order valence-electron chi connectivity index (χ4n) is 2.31. The maximum absolute atomic E-state index is 6.07. The molecule has 0 aromatic carbocycles. The maximum atomic E-state index is 6.07. The van der Waals surface area contributed by atoms with Crippen molar-refractivity contribution in [3.05, 3.63) is 0 Å². The first-order chi connectivity index (χ1) is 7.91. The van der Waals surface area contributed by atoms with E-state index in [1.54, 1.807) is 0 Å². The molecule has 0 atom stereocenters. The number of hydrogen-bond acceptors (Lipinski definition) is 3. The van der Waals surface area contributed by atoms with Gasteiger partial charge in [0.2, 0.25) is 0 Å². The first kappa shape index (κ1) is 15.2. The fraction of sp³-hybridized carbons (Fsp3) is 1.00. The zero-order valence-corrected chi connectivity index (χ0v) is 13.0. The van der Waals surface area contributed by atoms with E-state index >= 15 is 0 Å². The van der Waals surface area contributed by atoms with Crippen molar-refractivity contribution in [3.8, 4) is 0 Å². The van der Waals surface area contributed by atoms with Crippen LogP contribution in [0.15, 0.2) is 0 Å². The highest BCUT2D eigenvalue weighted by atomic mass is 28.4. The maximum Gasteiger partial charge on any atom is 0.335 e. The van der Waals surface area contributed by atoms with E-state index in [9.17, 15) is 0 Å². The van der Waals surface area contributed by atoms with Crippen molar-refractivity contribution in [3.63, 3.8) is 0 Å². The molecule has 0 bridgehead atoms. The summed E-state index contributed by atoms with van der Waals surface area (Å²) in [5, 5.41) is 0. The molecule has 1 rings (SSSR count). The Labute approximate surface area is 107 Å². The van der Waals surface area contributed by atoms with Crippen LogP contribution in [0.1, 0.15) is 40.5 Å². The first-order valence-electron chi connectivity index (χ1n) is 6.84. The van der Waals surface area contributed by atoms with Crippen molar-refractivity contribution in [1.29, 1.82) is 0 Å². The summed E-state index contributed by atoms with van der Waals surface area (Å²) < 4.78 is 17.3. The quantitative estimate of drug-likeness (QED) is 0.627. The van der Waals surface area contributed by atoms with Gasteiger partial charge in [0, 0.05) is 18.1 Å². The van der Waals surface area contributed by atoms with Crippen LogP contribution in [0.25, 0.3) is 0 Å². The summed E-state index contributed by atoms with van der Waals surface area (Å²) in [5.41, 5.74) is 0. The van der Waals surface area contributed by atoms with Gasteiger partial charge < -0.3 is 13.6 Å². The van der Waals surface area contributed by atoms with Gasteiger partial charge in [0.1, 0.15) is 0 Å². The summed E-state index contributed by atoms with van der Waals surface area (Å²) in [4.78, 5) is 0. The van der Waals surface area contributed by atoms with E-state index in [4.69, 9.17) is 13.6 Å². The lowest BCUT2D eigenvalue weighted by atomic mass is 10.0. The summed E-state index contributed by atoms with van der Waals surface area (Å²) in [6.45, 7) is 12.5. The lowest BCUT2D eigenvalue weighted by Gasteiger charge is -2.32. The molecule has 1 fully saturated rings. The van der Waals surface area contributed by atoms with Gasteiger partial charge in [-0.15, -0.1) is 0 Å². The molecule has 1 saturated heterocycles. The summed E-state index contributed by atoms with van der Waals surface area (Å²) in [5.74, 6) is 0.784. The Hall–Kier alpha value is 0.0969. The van der Waals surface area contributed by atoms with Gasteiger partial charge in [-0.3, -0.25) is 0 Å². The van der Waals surface area contributed by atoms with Gasteiger partial charge >= 0.3 is 8.56 Å². The summed E-state index contributed by atoms with van der Waals surface area (Å²) in [6.07, 6.45) is 2.98. The van der Waals surface area contributed by atoms with E-state index in [0.29, 0.717) is 0 Å². The van der Waals surface area contributed by atoms with Crippen molar-refractivity contribution in [1.82, 2.24) is 0 Å². The second kappa shape index (κ2) is 6.88. The van der Waals surface area contributed by atoms with Crippen LogP contribution in [-0.2, 0) is 13.6 Å². The lowest BCUT2D eigenvalue weighted by Crippen LogP contribution is -2.43. The van der Waals surface area contributed by atoms with Crippen LogP contribution in [0, 0.1) is 5.92 Å². The molecule has 102 valence electrons. The lowest BCUT2D eigenvalue weighted by molar-refractivity contribution is -0.0360. The van der Waals surface area contributed by atoms with Crippen LogP contribution < -0.4 is 0 Å². The number of ether oxygens (including phenoxy) is 1. The number of rotatable bonds is 8. The molecule has 3 nitrogen and oxygen atoms in total. The van der Waals surface area contributed by atoms with Crippen LogP contribution in [0.4, 0.5) is 0 Å². The normalized spacial score (nSPS) is 17.8. The Morgan fingerprint density at radius 3 is 2.00 bits per heavy atom. The van der Waals surface area contributed by atoms with Gasteiger partial charge in [0.05, 0.1) is 13.2 Å². The Bertz CT molecular complexity index is 205. The van der Waals surface area contributed by atoms with E-state index in [-0.39, 0.29) is 12.2 Å². The Balaban J connectivity index is 2.32. The molecule has 4 heteroatoms. The van der Waals surface area contributed by atoms with E-state index in [1.165, 1.54) is 12.8 Å². The van der Waals surface area contributed by atoms with Gasteiger partial charge in [-0.05, 0) is 46.7 Å². The van der Waals surface area contributed by atoms with Gasteiger partial charge in [0.25, 0.3) is 0 Å². The van der Waals surface area contributed by atoms with E-state index < -0.39 is 8.56 Å². The Morgan fingerprint density at radius 2 is 1.65 bits per heavy atom. The SMILES string of the molecule is CC(C)O[Si](C)(CCCC1COC1)OC(C)C. The van der Waals surface area contributed by atoms with Crippen LogP contribution in [-0.4, -0.2) is 34.0 Å². The van der Waals surface area contributed by atoms with Crippen molar-refractivity contribution in [2.24, 2.45) is 5.92 Å². The molecule has 0 aromatic heterocycles. The van der Waals surface area contributed by atoms with Crippen LogP contribution in [0.3, 0.4) is 0 Å². The predicted octanol–water partition coefficient (Wildman–Crippen LogP) is 3.34. The zero-order valence-electron chi connectivity index (χ0n) is 12.0. The highest BCUT2D eigenvalue weighted by Gasteiger charge is 2.33. The molecule has 17 heavy (non-hydrogen) atoms. The van der Waals surface area contributed by atoms with Crippen molar-refractivity contribution >= 4 is 8.56 Å². The van der Waals surface area contributed by atoms with Crippen LogP contribution >= 0.6 is 0 Å². The molecule has 0 aromatic rings. The summed E-state index contributed by atoms with van der Waals surface area (Å²) in [7, 11) is -1.97. The fourth-order valence-corrected chi connectivity index (χ4v) is 5.44. The first-order valence-corrected chi connectivity index (χ1v) is 9.37. The van der Waals surface area contributed by atoms with Crippen molar-refractivity contribution < 1.29 is 13.6 Å². The highest BCUT2D eigenvalue weighted by molar-refractivity contribution is 6.66. The second-order valence-corrected chi connectivity index (χ2v) is 9.00. The Morgan fingerprint density at radius 1 is 1.12 bits per heavy atom. The average Bonchev–Trinajstić information content (AvgIpc) is 2.06. The Kier molecular flexibility index (Phi) is 6.13. The largest absolute Gasteiger partial charge is 0.392 e. The predicted molar refractivity (Wildman–Crippen MR) is 72.4 cm³/mol. The highest BCUT2D eigenvalue weighted by Crippen LogP contribution is 2.24. The molecule has 0 unspecified atom stereocenters. The third kappa shape index (κ3) is 6.00.